The Kier molecular flexibility index (Phi) is 9.48. The minimum Gasteiger partial charge on any atom is -0.479 e. The molecule has 3 aromatic heterocycles. The zero-order chi connectivity index (χ0) is 34.0. The molecule has 0 bridgehead atoms. The van der Waals surface area contributed by atoms with E-state index in [0.717, 1.165) is 44.9 Å². The number of carboxylic acids is 1. The first-order chi connectivity index (χ1) is 23.8. The monoisotopic (exact) mass is 688 g/mol. The summed E-state index contributed by atoms with van der Waals surface area (Å²) in [5.74, 6) is -1.76. The van der Waals surface area contributed by atoms with Crippen molar-refractivity contribution in [3.05, 3.63) is 48.0 Å². The van der Waals surface area contributed by atoms with Gasteiger partial charge in [0.05, 0.1) is 12.1 Å². The highest BCUT2D eigenvalue weighted by Gasteiger charge is 2.61. The van der Waals surface area contributed by atoms with Crippen LogP contribution in [0, 0.1) is 5.92 Å². The number of allylic oxidation sites excluding steroid dienone is 1. The van der Waals surface area contributed by atoms with Crippen LogP contribution in [0.1, 0.15) is 70.6 Å². The molecule has 4 aliphatic rings. The molecule has 0 radical (unpaired) electrons. The van der Waals surface area contributed by atoms with E-state index < -0.39 is 47.6 Å². The molecule has 2 saturated carbocycles. The van der Waals surface area contributed by atoms with Crippen molar-refractivity contribution in [2.75, 3.05) is 6.54 Å². The van der Waals surface area contributed by atoms with Gasteiger partial charge >= 0.3 is 12.1 Å². The van der Waals surface area contributed by atoms with Crippen LogP contribution in [0.25, 0.3) is 21.7 Å². The van der Waals surface area contributed by atoms with Crippen LogP contribution in [0.3, 0.4) is 0 Å². The van der Waals surface area contributed by atoms with Crippen molar-refractivity contribution in [3.8, 4) is 17.4 Å². The minimum absolute atomic E-state index is 0.0337. The maximum Gasteiger partial charge on any atom is 0.408 e. The van der Waals surface area contributed by atoms with Crippen LogP contribution < -0.4 is 15.4 Å². The summed E-state index contributed by atoms with van der Waals surface area (Å²) < 4.78 is 12.8. The van der Waals surface area contributed by atoms with E-state index in [1.807, 2.05) is 29.7 Å². The summed E-state index contributed by atoms with van der Waals surface area (Å²) in [5, 5.41) is 17.7. The van der Waals surface area contributed by atoms with Gasteiger partial charge < -0.3 is 30.1 Å². The molecule has 2 aliphatic heterocycles. The molecule has 3 aromatic rings. The van der Waals surface area contributed by atoms with Gasteiger partial charge in [-0.1, -0.05) is 31.1 Å². The average Bonchev–Trinajstić information content (AvgIpc) is 3.54. The van der Waals surface area contributed by atoms with Crippen LogP contribution in [-0.4, -0.2) is 85.2 Å². The molecule has 13 nitrogen and oxygen atoms in total. The van der Waals surface area contributed by atoms with Gasteiger partial charge in [-0.3, -0.25) is 14.6 Å². The highest BCUT2D eigenvalue weighted by Crippen LogP contribution is 2.45. The average molecular weight is 689 g/mol. The van der Waals surface area contributed by atoms with Crippen molar-refractivity contribution >= 4 is 45.4 Å². The van der Waals surface area contributed by atoms with E-state index in [9.17, 15) is 24.3 Å². The predicted molar refractivity (Wildman–Crippen MR) is 180 cm³/mol. The Morgan fingerprint density at radius 1 is 1.04 bits per heavy atom. The van der Waals surface area contributed by atoms with Crippen molar-refractivity contribution in [2.45, 2.75) is 100 Å². The first-order valence-electron chi connectivity index (χ1n) is 17.1. The van der Waals surface area contributed by atoms with Gasteiger partial charge in [0.25, 0.3) is 0 Å². The number of pyridine rings is 1. The molecule has 0 aromatic carbocycles. The summed E-state index contributed by atoms with van der Waals surface area (Å²) in [7, 11) is 0. The number of aromatic nitrogens is 3. The summed E-state index contributed by atoms with van der Waals surface area (Å²) in [6, 6.07) is 5.35. The largest absolute Gasteiger partial charge is 0.479 e. The van der Waals surface area contributed by atoms with Crippen LogP contribution in [-0.2, 0) is 19.1 Å². The number of nitrogens with one attached hydrogen (secondary N) is 2. The number of amides is 3. The number of thiophene rings is 1. The molecular formula is C35H40N6O7S. The Hall–Kier alpha value is -4.59. The Labute approximate surface area is 287 Å². The lowest BCUT2D eigenvalue weighted by Crippen LogP contribution is -2.56. The molecule has 2 aliphatic carbocycles. The number of carbonyl (C=O) groups is 4. The van der Waals surface area contributed by atoms with Crippen LogP contribution in [0.4, 0.5) is 4.79 Å². The van der Waals surface area contributed by atoms with Crippen LogP contribution >= 0.6 is 11.3 Å². The van der Waals surface area contributed by atoms with E-state index in [2.05, 4.69) is 20.6 Å². The Balaban J connectivity index is 1.18. The molecule has 3 amide bonds. The van der Waals surface area contributed by atoms with Crippen LogP contribution in [0.15, 0.2) is 48.0 Å². The molecule has 49 heavy (non-hydrogen) atoms. The van der Waals surface area contributed by atoms with Gasteiger partial charge in [-0.2, -0.15) is 4.98 Å². The predicted octanol–water partition coefficient (Wildman–Crippen LogP) is 4.62. The van der Waals surface area contributed by atoms with Crippen LogP contribution in [0.2, 0.25) is 0 Å². The number of rotatable bonds is 6. The van der Waals surface area contributed by atoms with E-state index >= 15 is 0 Å². The molecular weight excluding hydrogens is 648 g/mol. The molecule has 1 saturated heterocycles. The molecule has 3 N–H and O–H groups in total. The maximum absolute atomic E-state index is 14.4. The fourth-order valence-electron chi connectivity index (χ4n) is 7.16. The number of carboxylic acid groups (broad SMARTS) is 1. The number of hydrogen-bond acceptors (Lipinski definition) is 10. The summed E-state index contributed by atoms with van der Waals surface area (Å²) in [5.41, 5.74) is -0.185. The van der Waals surface area contributed by atoms with Crippen molar-refractivity contribution in [3.63, 3.8) is 0 Å². The number of aliphatic carboxylic acids is 1. The van der Waals surface area contributed by atoms with Gasteiger partial charge in [0.15, 0.2) is 5.82 Å². The first kappa shape index (κ1) is 32.9. The van der Waals surface area contributed by atoms with Gasteiger partial charge in [-0.05, 0) is 74.9 Å². The quantitative estimate of drug-likeness (QED) is 0.310. The van der Waals surface area contributed by atoms with Crippen molar-refractivity contribution < 1.29 is 33.8 Å². The number of fused-ring (bicyclic) bond motifs is 3. The molecule has 5 heterocycles. The van der Waals surface area contributed by atoms with Crippen molar-refractivity contribution in [1.82, 2.24) is 30.5 Å². The third-order valence-electron chi connectivity index (χ3n) is 9.93. The lowest BCUT2D eigenvalue weighted by atomic mass is 10.0. The lowest BCUT2D eigenvalue weighted by Gasteiger charge is -2.29. The molecule has 5 atom stereocenters. The van der Waals surface area contributed by atoms with E-state index in [1.165, 1.54) is 16.2 Å². The smallest absolute Gasteiger partial charge is 0.408 e. The fraction of sp³-hybridized carbons (Fsp3) is 0.514. The Bertz CT molecular complexity index is 1740. The van der Waals surface area contributed by atoms with Gasteiger partial charge in [0.2, 0.25) is 17.7 Å². The fourth-order valence-corrected chi connectivity index (χ4v) is 7.93. The highest BCUT2D eigenvalue weighted by molar-refractivity contribution is 7.17. The van der Waals surface area contributed by atoms with Gasteiger partial charge in [0, 0.05) is 18.5 Å². The van der Waals surface area contributed by atoms with Gasteiger partial charge in [-0.25, -0.2) is 14.6 Å². The van der Waals surface area contributed by atoms with E-state index in [-0.39, 0.29) is 31.4 Å². The van der Waals surface area contributed by atoms with E-state index in [0.29, 0.717) is 40.5 Å². The molecule has 258 valence electrons. The summed E-state index contributed by atoms with van der Waals surface area (Å²) in [4.78, 5) is 69.0. The molecule has 0 unspecified atom stereocenters. The topological polar surface area (TPSA) is 173 Å². The lowest BCUT2D eigenvalue weighted by molar-refractivity contribution is -0.145. The van der Waals surface area contributed by atoms with Crippen molar-refractivity contribution in [1.29, 1.82) is 0 Å². The molecule has 3 fully saturated rings. The minimum atomic E-state index is -1.43. The molecule has 14 heteroatoms. The molecule has 7 rings (SSSR count). The number of carbonyl (C=O) groups excluding carboxylic acids is 3. The van der Waals surface area contributed by atoms with E-state index in [4.69, 9.17) is 14.5 Å². The summed E-state index contributed by atoms with van der Waals surface area (Å²) in [6.07, 6.45) is 11.4. The second-order valence-corrected chi connectivity index (χ2v) is 14.3. The van der Waals surface area contributed by atoms with Crippen LogP contribution in [0.5, 0.6) is 5.88 Å². The zero-order valence-corrected chi connectivity index (χ0v) is 27.9. The summed E-state index contributed by atoms with van der Waals surface area (Å²) in [6.45, 7) is 0.0337. The third kappa shape index (κ3) is 7.10. The summed E-state index contributed by atoms with van der Waals surface area (Å²) >= 11 is 1.42. The maximum atomic E-state index is 14.4. The first-order valence-corrected chi connectivity index (χ1v) is 18.0. The Morgan fingerprint density at radius 2 is 1.88 bits per heavy atom. The normalized spacial score (nSPS) is 28.4. The third-order valence-corrected chi connectivity index (χ3v) is 10.8. The standard InChI is InChI=1S/C35H40N6O7S/c42-30-27-18-23(47-31-28-24(15-17-49-28)37-29(39-31)25-13-8-9-16-36-25)20-41(27)32(43)26(38-34(46)48-22-11-6-7-12-22)14-5-3-1-2-4-10-21-19-35(21,40-30)33(44)45/h4,8-10,13,15-17,21-23,26-27H,1-3,5-7,11-12,14,18-20H2,(H,38,46)(H,40,42)(H,44,45)/b10-4+/t21-,23-,26+,27+,35-/m1/s1. The number of alkyl carbamates (subject to hydrolysis) is 1. The number of nitrogens with zero attached hydrogens (tertiary/aromatic N) is 4. The van der Waals surface area contributed by atoms with Crippen molar-refractivity contribution in [2.24, 2.45) is 5.92 Å². The number of hydrogen-bond donors (Lipinski definition) is 3. The van der Waals surface area contributed by atoms with Gasteiger partial charge in [-0.15, -0.1) is 11.3 Å². The second-order valence-electron chi connectivity index (χ2n) is 13.3. The molecule has 0 spiro atoms. The SMILES string of the molecule is O=C(N[C@H]1CCCCC/C=C/[C@@H]2C[C@@]2(C(=O)O)NC(=O)[C@@H]2C[C@@H](Oc3nc(-c4ccccn4)nc4ccsc34)CN2C1=O)OC1CCCC1. The Morgan fingerprint density at radius 3 is 2.67 bits per heavy atom. The van der Waals surface area contributed by atoms with Gasteiger partial charge in [0.1, 0.15) is 40.2 Å². The second kappa shape index (κ2) is 14.1. The zero-order valence-electron chi connectivity index (χ0n) is 27.1. The highest BCUT2D eigenvalue weighted by atomic mass is 32.1. The number of ether oxygens (including phenoxy) is 2. The van der Waals surface area contributed by atoms with E-state index in [1.54, 1.807) is 18.3 Å².